The molecule has 0 atom stereocenters. The largest absolute Gasteiger partial charge is 0.480 e. The number of hydrazine groups is 2. The van der Waals surface area contributed by atoms with E-state index in [2.05, 4.69) is 27.0 Å². The molecule has 30 heteroatoms. The fourth-order valence-electron chi connectivity index (χ4n) is 5.25. The first-order chi connectivity index (χ1) is 29.0. The molecule has 0 aromatic heterocycles. The molecule has 0 saturated carbocycles. The van der Waals surface area contributed by atoms with E-state index in [0.29, 0.717) is 0 Å². The van der Waals surface area contributed by atoms with Gasteiger partial charge in [-0.05, 0) is 0 Å². The van der Waals surface area contributed by atoms with E-state index in [1.807, 2.05) is 0 Å². The Kier molecular flexibility index (Phi) is 28.5. The number of carbonyl (C=O) groups excluding carboxylic acids is 3. The third kappa shape index (κ3) is 32.7. The van der Waals surface area contributed by atoms with E-state index >= 15 is 0 Å². The molecule has 0 aromatic carbocycles. The summed E-state index contributed by atoms with van der Waals surface area (Å²) in [4.78, 5) is 134. The number of carboxylic acid groups (broad SMARTS) is 8. The first kappa shape index (κ1) is 55.8. The molecular weight excluding hydrogens is 842 g/mol. The monoisotopic (exact) mass is 897 g/mol. The summed E-state index contributed by atoms with van der Waals surface area (Å²) in [6.07, 6.45) is 0. The minimum absolute atomic E-state index is 0.0131. The van der Waals surface area contributed by atoms with Gasteiger partial charge in [0.1, 0.15) is 0 Å². The molecule has 0 heterocycles. The lowest BCUT2D eigenvalue weighted by Gasteiger charge is -2.27. The molecule has 0 bridgehead atoms. The molecule has 30 nitrogen and oxygen atoms in total. The quantitative estimate of drug-likeness (QED) is 0.0202. The van der Waals surface area contributed by atoms with Gasteiger partial charge >= 0.3 is 47.8 Å². The molecule has 13 N–H and O–H groups in total. The van der Waals surface area contributed by atoms with Gasteiger partial charge in [0, 0.05) is 65.4 Å². The van der Waals surface area contributed by atoms with Crippen LogP contribution in [0, 0.1) is 0 Å². The molecule has 3 amide bonds. The first-order valence-corrected chi connectivity index (χ1v) is 18.4. The standard InChI is InChI=1S/C32H55N11O19/c44-22(11-33-1-2-38(14-25(47)48)3-4-39(15-26(49)50)6-9-42(18-29(55)56)19-30(57)58)36-37-23(45)12-34-35-24(46)13-41(17-28(53)54)8-5-40(16-27(51)52)7-10-43(20-31(59)60)21-32(61)62/h33-34H,1-21H2,(H,35,46)(H,36,44)(H,37,45)(H,47,48)(H,49,50)(H,51,52)(H,53,54)(H,55,56)(H,57,58)(H,59,60)(H,61,62). The van der Waals surface area contributed by atoms with Crippen LogP contribution in [0.15, 0.2) is 0 Å². The maximum atomic E-state index is 12.5. The number of rotatable bonds is 38. The number of aliphatic carboxylic acids is 8. The molecule has 0 fully saturated rings. The van der Waals surface area contributed by atoms with E-state index in [-0.39, 0.29) is 72.0 Å². The predicted molar refractivity (Wildman–Crippen MR) is 205 cm³/mol. The topological polar surface area (TPSA) is 429 Å². The number of nitrogens with zero attached hydrogens (tertiary/aromatic N) is 6. The van der Waals surface area contributed by atoms with Crippen LogP contribution in [0.25, 0.3) is 0 Å². The maximum Gasteiger partial charge on any atom is 0.317 e. The lowest BCUT2D eigenvalue weighted by Crippen LogP contribution is -2.52. The van der Waals surface area contributed by atoms with Crippen molar-refractivity contribution in [3.8, 4) is 0 Å². The number of hydrogen-bond donors (Lipinski definition) is 13. The van der Waals surface area contributed by atoms with Crippen molar-refractivity contribution in [1.82, 2.24) is 56.4 Å². The van der Waals surface area contributed by atoms with Gasteiger partial charge in [0.2, 0.25) is 5.91 Å². The van der Waals surface area contributed by atoms with Crippen LogP contribution in [0.1, 0.15) is 0 Å². The van der Waals surface area contributed by atoms with Crippen molar-refractivity contribution < 1.29 is 93.6 Å². The zero-order valence-corrected chi connectivity index (χ0v) is 33.6. The maximum absolute atomic E-state index is 12.5. The molecule has 0 aliphatic carbocycles. The van der Waals surface area contributed by atoms with Gasteiger partial charge in [0.05, 0.1) is 72.0 Å². The zero-order chi connectivity index (χ0) is 47.2. The van der Waals surface area contributed by atoms with Crippen LogP contribution < -0.4 is 27.0 Å². The second kappa shape index (κ2) is 31.7. The molecule has 62 heavy (non-hydrogen) atoms. The van der Waals surface area contributed by atoms with Gasteiger partial charge in [-0.3, -0.25) is 98.4 Å². The number of carbonyl (C=O) groups is 11. The molecule has 0 saturated heterocycles. The van der Waals surface area contributed by atoms with E-state index in [4.69, 9.17) is 20.4 Å². The molecule has 352 valence electrons. The first-order valence-electron chi connectivity index (χ1n) is 18.4. The van der Waals surface area contributed by atoms with Crippen LogP contribution in [0.5, 0.6) is 0 Å². The summed E-state index contributed by atoms with van der Waals surface area (Å²) in [6, 6.07) is 0. The van der Waals surface area contributed by atoms with Gasteiger partial charge in [-0.25, -0.2) is 5.43 Å². The van der Waals surface area contributed by atoms with Crippen molar-refractivity contribution >= 4 is 65.5 Å². The van der Waals surface area contributed by atoms with Crippen molar-refractivity contribution in [2.75, 3.05) is 137 Å². The van der Waals surface area contributed by atoms with E-state index < -0.39 is 131 Å². The van der Waals surface area contributed by atoms with Gasteiger partial charge in [0.25, 0.3) is 11.8 Å². The SMILES string of the molecule is O=C(O)CN(CCNCC(=O)NNC(=O)CNNC(=O)CN(CCN(CCN(CC(=O)O)CC(=O)O)CC(=O)O)CC(=O)O)CCN(CCN(CC(=O)O)CC(=O)O)CC(=O)O. The molecule has 0 aromatic rings. The Morgan fingerprint density at radius 2 is 0.548 bits per heavy atom. The summed E-state index contributed by atoms with van der Waals surface area (Å²) < 4.78 is 0. The Balaban J connectivity index is 4.87. The molecule has 0 unspecified atom stereocenters. The second-order valence-electron chi connectivity index (χ2n) is 13.3. The fraction of sp³-hybridized carbons (Fsp3) is 0.656. The lowest BCUT2D eigenvalue weighted by atomic mass is 10.3. The van der Waals surface area contributed by atoms with E-state index in [1.165, 1.54) is 14.7 Å². The van der Waals surface area contributed by atoms with Gasteiger partial charge in [-0.1, -0.05) is 0 Å². The minimum atomic E-state index is -1.33. The van der Waals surface area contributed by atoms with E-state index in [0.717, 1.165) is 14.7 Å². The van der Waals surface area contributed by atoms with E-state index in [9.17, 15) is 73.2 Å². The van der Waals surface area contributed by atoms with Crippen LogP contribution >= 0.6 is 0 Å². The summed E-state index contributed by atoms with van der Waals surface area (Å²) in [5.74, 6) is -12.6. The molecule has 0 aliphatic heterocycles. The molecular formula is C32H55N11O19. The predicted octanol–water partition coefficient (Wildman–Crippen LogP) is -8.17. The van der Waals surface area contributed by atoms with Crippen molar-refractivity contribution in [3.05, 3.63) is 0 Å². The Labute approximate surface area is 352 Å². The fourth-order valence-corrected chi connectivity index (χ4v) is 5.25. The zero-order valence-electron chi connectivity index (χ0n) is 33.6. The molecule has 0 aliphatic rings. The highest BCUT2D eigenvalue weighted by atomic mass is 16.4. The summed E-state index contributed by atoms with van der Waals surface area (Å²) in [5, 5.41) is 75.9. The van der Waals surface area contributed by atoms with Gasteiger partial charge in [-0.2, -0.15) is 0 Å². The number of amides is 3. The third-order valence-electron chi connectivity index (χ3n) is 7.88. The number of carboxylic acids is 8. The Bertz CT molecular complexity index is 1510. The smallest absolute Gasteiger partial charge is 0.317 e. The highest BCUT2D eigenvalue weighted by Crippen LogP contribution is 1.99. The summed E-state index contributed by atoms with van der Waals surface area (Å²) >= 11 is 0. The van der Waals surface area contributed by atoms with Crippen LogP contribution in [0.3, 0.4) is 0 Å². The highest BCUT2D eigenvalue weighted by molar-refractivity contribution is 5.84. The van der Waals surface area contributed by atoms with Crippen molar-refractivity contribution in [3.63, 3.8) is 0 Å². The van der Waals surface area contributed by atoms with Crippen molar-refractivity contribution in [2.45, 2.75) is 0 Å². The lowest BCUT2D eigenvalue weighted by molar-refractivity contribution is -0.144. The number of hydrogen-bond acceptors (Lipinski definition) is 19. The molecule has 0 rings (SSSR count). The van der Waals surface area contributed by atoms with Gasteiger partial charge in [0.15, 0.2) is 0 Å². The Morgan fingerprint density at radius 3 is 0.871 bits per heavy atom. The van der Waals surface area contributed by atoms with Crippen LogP contribution in [-0.4, -0.2) is 273 Å². The van der Waals surface area contributed by atoms with Gasteiger partial charge < -0.3 is 46.2 Å². The van der Waals surface area contributed by atoms with Crippen molar-refractivity contribution in [1.29, 1.82) is 0 Å². The molecule has 0 spiro atoms. The van der Waals surface area contributed by atoms with Gasteiger partial charge in [-0.15, -0.1) is 0 Å². The van der Waals surface area contributed by atoms with Crippen molar-refractivity contribution in [2.24, 2.45) is 0 Å². The molecule has 0 radical (unpaired) electrons. The van der Waals surface area contributed by atoms with Crippen LogP contribution in [0.2, 0.25) is 0 Å². The normalized spacial score (nSPS) is 11.3. The summed E-state index contributed by atoms with van der Waals surface area (Å²) in [6.45, 7) is -6.62. The Hall–Kier alpha value is -6.15. The van der Waals surface area contributed by atoms with Crippen LogP contribution in [-0.2, 0) is 52.7 Å². The summed E-state index contributed by atoms with van der Waals surface area (Å²) in [7, 11) is 0. The third-order valence-corrected chi connectivity index (χ3v) is 7.88. The van der Waals surface area contributed by atoms with Crippen LogP contribution in [0.4, 0.5) is 0 Å². The highest BCUT2D eigenvalue weighted by Gasteiger charge is 2.21. The Morgan fingerprint density at radius 1 is 0.290 bits per heavy atom. The summed E-state index contributed by atoms with van der Waals surface area (Å²) in [5.41, 5.74) is 8.60. The number of nitrogens with one attached hydrogen (secondary N) is 5. The minimum Gasteiger partial charge on any atom is -0.480 e. The average Bonchev–Trinajstić information content (AvgIpc) is 3.12. The van der Waals surface area contributed by atoms with E-state index in [1.54, 1.807) is 0 Å². The average molecular weight is 898 g/mol. The second-order valence-corrected chi connectivity index (χ2v) is 13.3.